The van der Waals surface area contributed by atoms with Gasteiger partial charge in [-0.3, -0.25) is 0 Å². The third-order valence-electron chi connectivity index (χ3n) is 2.73. The summed E-state index contributed by atoms with van der Waals surface area (Å²) in [5.41, 5.74) is 0.487. The highest BCUT2D eigenvalue weighted by molar-refractivity contribution is 5.67. The number of carbonyl (C=O) groups excluding carboxylic acids is 1. The van der Waals surface area contributed by atoms with Crippen LogP contribution in [-0.2, 0) is 11.3 Å². The Bertz CT molecular complexity index is 493. The van der Waals surface area contributed by atoms with E-state index in [2.05, 4.69) is 0 Å². The summed E-state index contributed by atoms with van der Waals surface area (Å²) in [5.74, 6) is 1.48. The van der Waals surface area contributed by atoms with E-state index in [1.165, 1.54) is 4.90 Å². The number of amides is 1. The van der Waals surface area contributed by atoms with Crippen LogP contribution >= 0.6 is 0 Å². The summed E-state index contributed by atoms with van der Waals surface area (Å²) < 4.78 is 16.3. The van der Waals surface area contributed by atoms with E-state index in [1.807, 2.05) is 39.0 Å². The molecule has 2 rings (SSSR count). The second-order valence-corrected chi connectivity index (χ2v) is 5.81. The minimum atomic E-state index is -0.488. The Labute approximate surface area is 119 Å². The number of carbonyl (C=O) groups is 1. The summed E-state index contributed by atoms with van der Waals surface area (Å²) in [6.07, 6.45) is -0.340. The third kappa shape index (κ3) is 3.79. The molecule has 0 radical (unpaired) electrons. The first-order valence-electron chi connectivity index (χ1n) is 6.68. The van der Waals surface area contributed by atoms with Gasteiger partial charge in [-0.2, -0.15) is 0 Å². The molecule has 0 saturated carbocycles. The van der Waals surface area contributed by atoms with Crippen molar-refractivity contribution < 1.29 is 19.0 Å². The second-order valence-electron chi connectivity index (χ2n) is 5.81. The lowest BCUT2D eigenvalue weighted by molar-refractivity contribution is 0.0285. The zero-order valence-corrected chi connectivity index (χ0v) is 12.4. The highest BCUT2D eigenvalue weighted by Gasteiger charge is 2.20. The van der Waals surface area contributed by atoms with Crippen molar-refractivity contribution in [2.24, 2.45) is 0 Å². The Hall–Kier alpha value is -1.91. The number of rotatable bonds is 2. The van der Waals surface area contributed by atoms with E-state index < -0.39 is 5.60 Å². The molecule has 1 aliphatic rings. The summed E-state index contributed by atoms with van der Waals surface area (Å²) in [5, 5.41) is 0. The molecule has 20 heavy (non-hydrogen) atoms. The van der Waals surface area contributed by atoms with Gasteiger partial charge in [0, 0.05) is 13.6 Å². The van der Waals surface area contributed by atoms with E-state index in [0.717, 1.165) is 17.1 Å². The first-order chi connectivity index (χ1) is 9.35. The summed E-state index contributed by atoms with van der Waals surface area (Å²) in [4.78, 5) is 13.4. The molecule has 1 heterocycles. The van der Waals surface area contributed by atoms with Gasteiger partial charge in [0.05, 0.1) is 0 Å². The van der Waals surface area contributed by atoms with Crippen molar-refractivity contribution >= 4 is 6.09 Å². The smallest absolute Gasteiger partial charge is 0.410 e. The van der Waals surface area contributed by atoms with Gasteiger partial charge in [0.1, 0.15) is 18.8 Å². The molecule has 1 aromatic carbocycles. The van der Waals surface area contributed by atoms with E-state index in [4.69, 9.17) is 14.2 Å². The van der Waals surface area contributed by atoms with Crippen molar-refractivity contribution in [1.29, 1.82) is 0 Å². The van der Waals surface area contributed by atoms with Crippen molar-refractivity contribution in [1.82, 2.24) is 4.90 Å². The monoisotopic (exact) mass is 279 g/mol. The second kappa shape index (κ2) is 5.61. The fourth-order valence-corrected chi connectivity index (χ4v) is 1.86. The van der Waals surface area contributed by atoms with E-state index in [-0.39, 0.29) is 6.09 Å². The van der Waals surface area contributed by atoms with E-state index in [9.17, 15) is 4.79 Å². The molecular weight excluding hydrogens is 258 g/mol. The number of hydrogen-bond donors (Lipinski definition) is 0. The van der Waals surface area contributed by atoms with Crippen molar-refractivity contribution in [2.45, 2.75) is 32.9 Å². The Balaban J connectivity index is 2.01. The molecule has 5 heteroatoms. The molecule has 5 nitrogen and oxygen atoms in total. The van der Waals surface area contributed by atoms with Crippen molar-refractivity contribution in [3.63, 3.8) is 0 Å². The van der Waals surface area contributed by atoms with Crippen LogP contribution in [0.3, 0.4) is 0 Å². The van der Waals surface area contributed by atoms with Gasteiger partial charge in [-0.1, -0.05) is 6.07 Å². The normalized spacial score (nSPS) is 13.8. The minimum absolute atomic E-state index is 0.340. The maximum Gasteiger partial charge on any atom is 0.410 e. The summed E-state index contributed by atoms with van der Waals surface area (Å²) in [7, 11) is 1.71. The zero-order chi connectivity index (χ0) is 14.8. The molecule has 110 valence electrons. The molecule has 0 fully saturated rings. The van der Waals surface area contributed by atoms with Crippen LogP contribution in [0.25, 0.3) is 0 Å². The van der Waals surface area contributed by atoms with Gasteiger partial charge < -0.3 is 19.1 Å². The van der Waals surface area contributed by atoms with Crippen LogP contribution in [0, 0.1) is 0 Å². The van der Waals surface area contributed by atoms with Gasteiger partial charge >= 0.3 is 6.09 Å². The van der Waals surface area contributed by atoms with Crippen molar-refractivity contribution in [3.8, 4) is 11.5 Å². The van der Waals surface area contributed by atoms with Crippen molar-refractivity contribution in [2.75, 3.05) is 20.3 Å². The molecule has 0 unspecified atom stereocenters. The number of ether oxygens (including phenoxy) is 3. The fraction of sp³-hybridized carbons (Fsp3) is 0.533. The molecule has 0 spiro atoms. The minimum Gasteiger partial charge on any atom is -0.486 e. The van der Waals surface area contributed by atoms with Crippen LogP contribution in [0.4, 0.5) is 4.79 Å². The number of nitrogens with zero attached hydrogens (tertiary/aromatic N) is 1. The van der Waals surface area contributed by atoms with Crippen molar-refractivity contribution in [3.05, 3.63) is 23.8 Å². The number of hydrogen-bond acceptors (Lipinski definition) is 4. The van der Waals surface area contributed by atoms with Gasteiger partial charge in [-0.15, -0.1) is 0 Å². The lowest BCUT2D eigenvalue weighted by atomic mass is 10.2. The van der Waals surface area contributed by atoms with E-state index >= 15 is 0 Å². The maximum atomic E-state index is 11.9. The highest BCUT2D eigenvalue weighted by Crippen LogP contribution is 2.31. The molecule has 0 saturated heterocycles. The first kappa shape index (κ1) is 14.5. The Morgan fingerprint density at radius 3 is 2.55 bits per heavy atom. The predicted molar refractivity (Wildman–Crippen MR) is 75.1 cm³/mol. The molecule has 1 aliphatic heterocycles. The topological polar surface area (TPSA) is 48.0 Å². The lowest BCUT2D eigenvalue weighted by Crippen LogP contribution is -2.33. The third-order valence-corrected chi connectivity index (χ3v) is 2.73. The van der Waals surface area contributed by atoms with Crippen LogP contribution in [0.5, 0.6) is 11.5 Å². The van der Waals surface area contributed by atoms with Gasteiger partial charge in [0.25, 0.3) is 0 Å². The zero-order valence-electron chi connectivity index (χ0n) is 12.4. The molecule has 1 amide bonds. The van der Waals surface area contributed by atoms with E-state index in [0.29, 0.717) is 19.8 Å². The molecule has 0 aromatic heterocycles. The highest BCUT2D eigenvalue weighted by atomic mass is 16.6. The molecule has 0 aliphatic carbocycles. The molecule has 0 N–H and O–H groups in total. The van der Waals surface area contributed by atoms with Crippen LogP contribution in [-0.4, -0.2) is 36.9 Å². The molecule has 1 aromatic rings. The Kier molecular flexibility index (Phi) is 4.06. The molecule has 0 atom stereocenters. The fourth-order valence-electron chi connectivity index (χ4n) is 1.86. The summed E-state index contributed by atoms with van der Waals surface area (Å²) >= 11 is 0. The Morgan fingerprint density at radius 2 is 1.90 bits per heavy atom. The average molecular weight is 279 g/mol. The largest absolute Gasteiger partial charge is 0.486 e. The molecular formula is C15H21NO4. The lowest BCUT2D eigenvalue weighted by Gasteiger charge is -2.25. The van der Waals surface area contributed by atoms with Gasteiger partial charge in [0.15, 0.2) is 11.5 Å². The van der Waals surface area contributed by atoms with Gasteiger partial charge in [0.2, 0.25) is 0 Å². The summed E-state index contributed by atoms with van der Waals surface area (Å²) in [6.45, 7) is 7.14. The first-order valence-corrected chi connectivity index (χ1v) is 6.68. The standard InChI is InChI=1S/C15H21NO4/c1-15(2,3)20-14(17)16(4)10-11-5-6-12-13(9-11)19-8-7-18-12/h5-6,9H,7-8,10H2,1-4H3. The SMILES string of the molecule is CN(Cc1ccc2c(c1)OCCO2)C(=O)OC(C)(C)C. The van der Waals surface area contributed by atoms with Crippen LogP contribution in [0.2, 0.25) is 0 Å². The van der Waals surface area contributed by atoms with Crippen LogP contribution in [0.1, 0.15) is 26.3 Å². The average Bonchev–Trinajstić information content (AvgIpc) is 2.36. The number of fused-ring (bicyclic) bond motifs is 1. The quantitative estimate of drug-likeness (QED) is 0.835. The van der Waals surface area contributed by atoms with Gasteiger partial charge in [-0.05, 0) is 38.5 Å². The summed E-state index contributed by atoms with van der Waals surface area (Å²) in [6, 6.07) is 5.69. The van der Waals surface area contributed by atoms with Crippen LogP contribution in [0.15, 0.2) is 18.2 Å². The van der Waals surface area contributed by atoms with Gasteiger partial charge in [-0.25, -0.2) is 4.79 Å². The number of benzene rings is 1. The van der Waals surface area contributed by atoms with Crippen LogP contribution < -0.4 is 9.47 Å². The predicted octanol–water partition coefficient (Wildman–Crippen LogP) is 2.82. The van der Waals surface area contributed by atoms with E-state index in [1.54, 1.807) is 7.05 Å². The Morgan fingerprint density at radius 1 is 1.25 bits per heavy atom. The molecule has 0 bridgehead atoms. The maximum absolute atomic E-state index is 11.9.